The van der Waals surface area contributed by atoms with Gasteiger partial charge in [-0.2, -0.15) is 13.2 Å². The van der Waals surface area contributed by atoms with Crippen molar-refractivity contribution in [2.45, 2.75) is 25.6 Å². The zero-order valence-corrected chi connectivity index (χ0v) is 14.9. The lowest BCUT2D eigenvalue weighted by Crippen LogP contribution is -2.31. The number of carbonyl (C=O) groups excluding carboxylic acids is 1. The predicted octanol–water partition coefficient (Wildman–Crippen LogP) is 3.01. The molecule has 0 bridgehead atoms. The Morgan fingerprint density at radius 3 is 2.63 bits per heavy atom. The molecule has 1 unspecified atom stereocenters. The minimum absolute atomic E-state index is 0.00472. The third-order valence-corrected chi connectivity index (χ3v) is 4.65. The summed E-state index contributed by atoms with van der Waals surface area (Å²) in [6.45, 7) is 2.42. The van der Waals surface area contributed by atoms with Crippen molar-refractivity contribution in [3.05, 3.63) is 63.6 Å². The molecule has 0 N–H and O–H groups in total. The fourth-order valence-corrected chi connectivity index (χ4v) is 3.02. The molecule has 1 aromatic carbocycles. The SMILES string of the molecule is Cc1cc(OC2CCN(C(=O)c3cccc(C(F)(F)F)c3)C2)cc(=O)n1C. The molecule has 1 aromatic heterocycles. The minimum atomic E-state index is -4.50. The highest BCUT2D eigenvalue weighted by atomic mass is 19.4. The average Bonchev–Trinajstić information content (AvgIpc) is 3.06. The van der Waals surface area contributed by atoms with Gasteiger partial charge in [0.15, 0.2) is 0 Å². The van der Waals surface area contributed by atoms with E-state index in [1.54, 1.807) is 20.0 Å². The van der Waals surface area contributed by atoms with Gasteiger partial charge in [0.2, 0.25) is 0 Å². The van der Waals surface area contributed by atoms with Crippen molar-refractivity contribution in [3.63, 3.8) is 0 Å². The topological polar surface area (TPSA) is 51.5 Å². The van der Waals surface area contributed by atoms with Crippen LogP contribution in [0.5, 0.6) is 5.75 Å². The highest BCUT2D eigenvalue weighted by molar-refractivity contribution is 5.94. The van der Waals surface area contributed by atoms with E-state index in [1.165, 1.54) is 27.7 Å². The van der Waals surface area contributed by atoms with Crippen LogP contribution >= 0.6 is 0 Å². The summed E-state index contributed by atoms with van der Waals surface area (Å²) in [6.07, 6.45) is -4.27. The number of halogens is 3. The van der Waals surface area contributed by atoms with Crippen LogP contribution in [0, 0.1) is 6.92 Å². The zero-order valence-electron chi connectivity index (χ0n) is 14.9. The molecule has 1 amide bonds. The molecule has 1 aliphatic rings. The summed E-state index contributed by atoms with van der Waals surface area (Å²) >= 11 is 0. The lowest BCUT2D eigenvalue weighted by Gasteiger charge is -2.18. The van der Waals surface area contributed by atoms with E-state index in [0.717, 1.165) is 17.8 Å². The van der Waals surface area contributed by atoms with Crippen LogP contribution < -0.4 is 10.3 Å². The Labute approximate surface area is 154 Å². The van der Waals surface area contributed by atoms with E-state index in [-0.39, 0.29) is 23.8 Å². The first-order chi connectivity index (χ1) is 12.6. The molecule has 0 spiro atoms. The average molecular weight is 380 g/mol. The Balaban J connectivity index is 1.69. The number of carbonyl (C=O) groups is 1. The molecule has 144 valence electrons. The summed E-state index contributed by atoms with van der Waals surface area (Å²) in [5.74, 6) is -0.0404. The summed E-state index contributed by atoms with van der Waals surface area (Å²) in [5.41, 5.74) is -0.307. The van der Waals surface area contributed by atoms with Crippen LogP contribution in [0.4, 0.5) is 13.2 Å². The first kappa shape index (κ1) is 19.0. The molecule has 0 radical (unpaired) electrons. The molecule has 8 heteroatoms. The first-order valence-corrected chi connectivity index (χ1v) is 8.46. The van der Waals surface area contributed by atoms with Crippen molar-refractivity contribution in [1.29, 1.82) is 0 Å². The van der Waals surface area contributed by atoms with Crippen molar-refractivity contribution in [1.82, 2.24) is 9.47 Å². The number of nitrogens with zero attached hydrogens (tertiary/aromatic N) is 2. The van der Waals surface area contributed by atoms with Gasteiger partial charge in [0, 0.05) is 37.3 Å². The number of pyridine rings is 1. The van der Waals surface area contributed by atoms with Crippen molar-refractivity contribution in [3.8, 4) is 5.75 Å². The highest BCUT2D eigenvalue weighted by Gasteiger charge is 2.33. The minimum Gasteiger partial charge on any atom is -0.488 e. The summed E-state index contributed by atoms with van der Waals surface area (Å²) in [5, 5.41) is 0. The van der Waals surface area contributed by atoms with Crippen LogP contribution in [0.15, 0.2) is 41.2 Å². The van der Waals surface area contributed by atoms with Gasteiger partial charge in [0.05, 0.1) is 12.1 Å². The Hall–Kier alpha value is -2.77. The van der Waals surface area contributed by atoms with Crippen LogP contribution in [0.2, 0.25) is 0 Å². The number of hydrogen-bond donors (Lipinski definition) is 0. The van der Waals surface area contributed by atoms with Crippen LogP contribution in [-0.4, -0.2) is 34.6 Å². The number of ether oxygens (including phenoxy) is 1. The van der Waals surface area contributed by atoms with E-state index < -0.39 is 17.6 Å². The molecule has 1 aliphatic heterocycles. The number of likely N-dealkylation sites (tertiary alicyclic amines) is 1. The molecule has 1 fully saturated rings. The number of amides is 1. The van der Waals surface area contributed by atoms with Gasteiger partial charge >= 0.3 is 6.18 Å². The van der Waals surface area contributed by atoms with Crippen molar-refractivity contribution >= 4 is 5.91 Å². The lowest BCUT2D eigenvalue weighted by molar-refractivity contribution is -0.137. The van der Waals surface area contributed by atoms with Gasteiger partial charge in [-0.15, -0.1) is 0 Å². The first-order valence-electron chi connectivity index (χ1n) is 8.46. The van der Waals surface area contributed by atoms with E-state index in [4.69, 9.17) is 4.74 Å². The standard InChI is InChI=1S/C19H19F3N2O3/c1-12-8-16(10-17(25)23(12)2)27-15-6-7-24(11-15)18(26)13-4-3-5-14(9-13)19(20,21)22/h3-5,8-10,15H,6-7,11H2,1-2H3. The van der Waals surface area contributed by atoms with Gasteiger partial charge in [-0.3, -0.25) is 9.59 Å². The lowest BCUT2D eigenvalue weighted by atomic mass is 10.1. The van der Waals surface area contributed by atoms with Crippen LogP contribution in [0.25, 0.3) is 0 Å². The maximum Gasteiger partial charge on any atom is 0.416 e. The number of alkyl halides is 3. The number of rotatable bonds is 3. The van der Waals surface area contributed by atoms with Crippen molar-refractivity contribution < 1.29 is 22.7 Å². The van der Waals surface area contributed by atoms with E-state index in [0.29, 0.717) is 18.7 Å². The maximum absolute atomic E-state index is 12.8. The van der Waals surface area contributed by atoms with Gasteiger partial charge in [0.1, 0.15) is 11.9 Å². The van der Waals surface area contributed by atoms with Crippen LogP contribution in [0.1, 0.15) is 28.0 Å². The van der Waals surface area contributed by atoms with E-state index in [1.807, 2.05) is 0 Å². The van der Waals surface area contributed by atoms with Gasteiger partial charge in [-0.05, 0) is 31.2 Å². The summed E-state index contributed by atoms with van der Waals surface area (Å²) in [6, 6.07) is 7.51. The molecule has 1 saturated heterocycles. The largest absolute Gasteiger partial charge is 0.488 e. The summed E-state index contributed by atoms with van der Waals surface area (Å²) in [7, 11) is 1.66. The fraction of sp³-hybridized carbons (Fsp3) is 0.368. The van der Waals surface area contributed by atoms with E-state index in [2.05, 4.69) is 0 Å². The second-order valence-corrected chi connectivity index (χ2v) is 6.59. The Bertz CT molecular complexity index is 921. The third kappa shape index (κ3) is 4.15. The van der Waals surface area contributed by atoms with E-state index in [9.17, 15) is 22.8 Å². The molecule has 2 aromatic rings. The number of hydrogen-bond acceptors (Lipinski definition) is 3. The van der Waals surface area contributed by atoms with Gasteiger partial charge in [0.25, 0.3) is 11.5 Å². The van der Waals surface area contributed by atoms with Gasteiger partial charge in [-0.25, -0.2) is 0 Å². The molecule has 0 saturated carbocycles. The van der Waals surface area contributed by atoms with Crippen molar-refractivity contribution in [2.75, 3.05) is 13.1 Å². The van der Waals surface area contributed by atoms with E-state index >= 15 is 0 Å². The molecule has 5 nitrogen and oxygen atoms in total. The smallest absolute Gasteiger partial charge is 0.416 e. The highest BCUT2D eigenvalue weighted by Crippen LogP contribution is 2.30. The quantitative estimate of drug-likeness (QED) is 0.823. The Morgan fingerprint density at radius 1 is 1.22 bits per heavy atom. The number of aryl methyl sites for hydroxylation is 1. The summed E-state index contributed by atoms with van der Waals surface area (Å²) < 4.78 is 45.8. The van der Waals surface area contributed by atoms with Gasteiger partial charge in [-0.1, -0.05) is 6.07 Å². The Kier molecular flexibility index (Phi) is 4.99. The fourth-order valence-electron chi connectivity index (χ4n) is 3.02. The normalized spacial score (nSPS) is 17.2. The number of benzene rings is 1. The molecule has 2 heterocycles. The third-order valence-electron chi connectivity index (χ3n) is 4.65. The van der Waals surface area contributed by atoms with Gasteiger partial charge < -0.3 is 14.2 Å². The molecule has 1 atom stereocenters. The maximum atomic E-state index is 12.8. The molecular weight excluding hydrogens is 361 g/mol. The monoisotopic (exact) mass is 380 g/mol. The second kappa shape index (κ2) is 7.09. The molecule has 3 rings (SSSR count). The Morgan fingerprint density at radius 2 is 1.96 bits per heavy atom. The molecule has 0 aliphatic carbocycles. The van der Waals surface area contributed by atoms with Crippen LogP contribution in [-0.2, 0) is 13.2 Å². The molecule has 27 heavy (non-hydrogen) atoms. The second-order valence-electron chi connectivity index (χ2n) is 6.59. The predicted molar refractivity (Wildman–Crippen MR) is 92.8 cm³/mol. The molecular formula is C19H19F3N2O3. The van der Waals surface area contributed by atoms with Crippen molar-refractivity contribution in [2.24, 2.45) is 7.05 Å². The number of aromatic nitrogens is 1. The zero-order chi connectivity index (χ0) is 19.8. The van der Waals surface area contributed by atoms with Crippen LogP contribution in [0.3, 0.4) is 0 Å². The summed E-state index contributed by atoms with van der Waals surface area (Å²) in [4.78, 5) is 25.8.